The van der Waals surface area contributed by atoms with E-state index in [1.54, 1.807) is 0 Å². The first kappa shape index (κ1) is 18.1. The molecular formula is C22H28N4O. The largest absolute Gasteiger partial charge is 0.342 e. The Morgan fingerprint density at radius 2 is 1.81 bits per heavy atom. The monoisotopic (exact) mass is 364 g/mol. The van der Waals surface area contributed by atoms with Gasteiger partial charge in [0.25, 0.3) is 0 Å². The Labute approximate surface area is 161 Å². The van der Waals surface area contributed by atoms with Crippen molar-refractivity contribution < 1.29 is 4.79 Å². The Morgan fingerprint density at radius 3 is 2.56 bits per heavy atom. The fourth-order valence-electron chi connectivity index (χ4n) is 4.21. The van der Waals surface area contributed by atoms with E-state index in [9.17, 15) is 4.79 Å². The molecule has 0 N–H and O–H groups in total. The van der Waals surface area contributed by atoms with E-state index in [1.807, 2.05) is 23.4 Å². The number of rotatable bonds is 4. The van der Waals surface area contributed by atoms with E-state index in [0.717, 1.165) is 68.8 Å². The minimum Gasteiger partial charge on any atom is -0.342 e. The molecule has 0 radical (unpaired) electrons. The van der Waals surface area contributed by atoms with E-state index in [4.69, 9.17) is 4.98 Å². The number of hydrogen-bond acceptors (Lipinski definition) is 4. The molecule has 4 rings (SSSR count). The molecule has 1 aromatic carbocycles. The van der Waals surface area contributed by atoms with Gasteiger partial charge in [-0.05, 0) is 51.3 Å². The lowest BCUT2D eigenvalue weighted by molar-refractivity contribution is -0.131. The molecule has 142 valence electrons. The van der Waals surface area contributed by atoms with Gasteiger partial charge >= 0.3 is 0 Å². The van der Waals surface area contributed by atoms with Crippen molar-refractivity contribution >= 4 is 5.91 Å². The van der Waals surface area contributed by atoms with Gasteiger partial charge in [0, 0.05) is 30.8 Å². The van der Waals surface area contributed by atoms with Gasteiger partial charge < -0.3 is 4.90 Å². The number of likely N-dealkylation sites (tertiary alicyclic amines) is 2. The second-order valence-electron chi connectivity index (χ2n) is 7.78. The maximum atomic E-state index is 12.4. The predicted octanol–water partition coefficient (Wildman–Crippen LogP) is 3.25. The van der Waals surface area contributed by atoms with Crippen molar-refractivity contribution in [3.8, 4) is 11.3 Å². The van der Waals surface area contributed by atoms with E-state index in [2.05, 4.69) is 35.0 Å². The fraction of sp³-hybridized carbons (Fsp3) is 0.500. The summed E-state index contributed by atoms with van der Waals surface area (Å²) < 4.78 is 0. The summed E-state index contributed by atoms with van der Waals surface area (Å²) in [4.78, 5) is 26.1. The molecule has 2 fully saturated rings. The molecule has 0 unspecified atom stereocenters. The van der Waals surface area contributed by atoms with Crippen molar-refractivity contribution in [2.24, 2.45) is 0 Å². The molecule has 0 aliphatic carbocycles. The number of hydrogen-bond donors (Lipinski definition) is 0. The van der Waals surface area contributed by atoms with Crippen LogP contribution in [0.4, 0.5) is 0 Å². The summed E-state index contributed by atoms with van der Waals surface area (Å²) in [5.74, 6) is 0.729. The molecule has 2 aliphatic rings. The molecule has 3 heterocycles. The molecule has 5 heteroatoms. The van der Waals surface area contributed by atoms with E-state index in [1.165, 1.54) is 5.56 Å². The Hall–Kier alpha value is -2.27. The van der Waals surface area contributed by atoms with Crippen LogP contribution in [0.2, 0.25) is 0 Å². The number of nitrogens with zero attached hydrogens (tertiary/aromatic N) is 4. The zero-order valence-electron chi connectivity index (χ0n) is 16.1. The Morgan fingerprint density at radius 1 is 1.07 bits per heavy atom. The van der Waals surface area contributed by atoms with Crippen LogP contribution in [-0.2, 0) is 4.79 Å². The van der Waals surface area contributed by atoms with Crippen molar-refractivity contribution in [1.82, 2.24) is 19.8 Å². The Balaban J connectivity index is 1.38. The van der Waals surface area contributed by atoms with E-state index in [-0.39, 0.29) is 0 Å². The molecule has 27 heavy (non-hydrogen) atoms. The van der Waals surface area contributed by atoms with Gasteiger partial charge in [0.1, 0.15) is 0 Å². The molecule has 5 nitrogen and oxygen atoms in total. The summed E-state index contributed by atoms with van der Waals surface area (Å²) in [6.07, 6.45) is 8.17. The molecule has 0 bridgehead atoms. The van der Waals surface area contributed by atoms with Gasteiger partial charge in [0.2, 0.25) is 5.91 Å². The van der Waals surface area contributed by atoms with Crippen LogP contribution in [0.15, 0.2) is 36.7 Å². The number of amides is 1. The summed E-state index contributed by atoms with van der Waals surface area (Å²) >= 11 is 0. The molecule has 2 aromatic rings. The first-order chi connectivity index (χ1) is 13.2. The molecule has 2 aliphatic heterocycles. The van der Waals surface area contributed by atoms with Gasteiger partial charge in [0.05, 0.1) is 24.1 Å². The second-order valence-corrected chi connectivity index (χ2v) is 7.78. The van der Waals surface area contributed by atoms with E-state index in [0.29, 0.717) is 18.4 Å². The lowest BCUT2D eigenvalue weighted by Crippen LogP contribution is -2.42. The van der Waals surface area contributed by atoms with Crippen molar-refractivity contribution in [1.29, 1.82) is 0 Å². The van der Waals surface area contributed by atoms with E-state index >= 15 is 0 Å². The number of carbonyl (C=O) groups is 1. The van der Waals surface area contributed by atoms with E-state index < -0.39 is 0 Å². The smallest absolute Gasteiger partial charge is 0.236 e. The van der Waals surface area contributed by atoms with Crippen molar-refractivity contribution in [3.63, 3.8) is 0 Å². The van der Waals surface area contributed by atoms with Crippen LogP contribution in [0, 0.1) is 6.92 Å². The third-order valence-electron chi connectivity index (χ3n) is 5.90. The number of piperidine rings is 1. The number of aromatic nitrogens is 2. The van der Waals surface area contributed by atoms with Crippen molar-refractivity contribution in [2.45, 2.75) is 38.5 Å². The summed E-state index contributed by atoms with van der Waals surface area (Å²) in [7, 11) is 0. The maximum absolute atomic E-state index is 12.4. The number of carbonyl (C=O) groups excluding carboxylic acids is 1. The summed E-state index contributed by atoms with van der Waals surface area (Å²) in [5, 5.41) is 0. The molecule has 2 saturated heterocycles. The SMILES string of the molecule is Cc1ccccc1-c1cncc(C2CCN(CC(=O)N3CCCC3)CC2)n1. The number of benzene rings is 1. The lowest BCUT2D eigenvalue weighted by Gasteiger charge is -2.32. The lowest BCUT2D eigenvalue weighted by atomic mass is 9.93. The first-order valence-electron chi connectivity index (χ1n) is 10.1. The minimum absolute atomic E-state index is 0.298. The van der Waals surface area contributed by atoms with Gasteiger partial charge in [-0.25, -0.2) is 4.98 Å². The molecule has 1 aromatic heterocycles. The van der Waals surface area contributed by atoms with Crippen LogP contribution >= 0.6 is 0 Å². The topological polar surface area (TPSA) is 49.3 Å². The average molecular weight is 364 g/mol. The van der Waals surface area contributed by atoms with Gasteiger partial charge in [-0.1, -0.05) is 24.3 Å². The molecule has 0 atom stereocenters. The molecule has 0 saturated carbocycles. The minimum atomic E-state index is 0.298. The quantitative estimate of drug-likeness (QED) is 0.836. The highest BCUT2D eigenvalue weighted by Gasteiger charge is 2.26. The Kier molecular flexibility index (Phi) is 5.48. The molecule has 0 spiro atoms. The Bertz CT molecular complexity index is 792. The third-order valence-corrected chi connectivity index (χ3v) is 5.90. The summed E-state index contributed by atoms with van der Waals surface area (Å²) in [6, 6.07) is 8.32. The number of aryl methyl sites for hydroxylation is 1. The highest BCUT2D eigenvalue weighted by molar-refractivity contribution is 5.78. The highest BCUT2D eigenvalue weighted by Crippen LogP contribution is 2.28. The summed E-state index contributed by atoms with van der Waals surface area (Å²) in [6.45, 7) is 6.48. The first-order valence-corrected chi connectivity index (χ1v) is 10.1. The molecule has 1 amide bonds. The van der Waals surface area contributed by atoms with Crippen LogP contribution in [0.1, 0.15) is 42.9 Å². The molecular weight excluding hydrogens is 336 g/mol. The van der Waals surface area contributed by atoms with Crippen LogP contribution < -0.4 is 0 Å². The zero-order chi connectivity index (χ0) is 18.6. The maximum Gasteiger partial charge on any atom is 0.236 e. The summed E-state index contributed by atoms with van der Waals surface area (Å²) in [5.41, 5.74) is 4.42. The zero-order valence-corrected chi connectivity index (χ0v) is 16.1. The van der Waals surface area contributed by atoms with Crippen LogP contribution in [0.5, 0.6) is 0 Å². The fourth-order valence-corrected chi connectivity index (χ4v) is 4.21. The second kappa shape index (κ2) is 8.17. The van der Waals surface area contributed by atoms with Crippen molar-refractivity contribution in [3.05, 3.63) is 47.9 Å². The standard InChI is InChI=1S/C22H28N4O/c1-17-6-2-3-7-19(17)21-15-23-14-20(24-21)18-8-12-25(13-9-18)16-22(27)26-10-4-5-11-26/h2-3,6-7,14-15,18H,4-5,8-13,16H2,1H3. The normalized spacial score (nSPS) is 18.8. The van der Waals surface area contributed by atoms with Gasteiger partial charge in [-0.15, -0.1) is 0 Å². The van der Waals surface area contributed by atoms with Crippen LogP contribution in [0.25, 0.3) is 11.3 Å². The predicted molar refractivity (Wildman–Crippen MR) is 106 cm³/mol. The van der Waals surface area contributed by atoms with Crippen molar-refractivity contribution in [2.75, 3.05) is 32.7 Å². The average Bonchev–Trinajstić information content (AvgIpc) is 3.24. The van der Waals surface area contributed by atoms with Crippen LogP contribution in [-0.4, -0.2) is 58.4 Å². The van der Waals surface area contributed by atoms with Gasteiger partial charge in [-0.3, -0.25) is 14.7 Å². The third kappa shape index (κ3) is 4.19. The van der Waals surface area contributed by atoms with Gasteiger partial charge in [0.15, 0.2) is 0 Å². The highest BCUT2D eigenvalue weighted by atomic mass is 16.2. The van der Waals surface area contributed by atoms with Crippen LogP contribution in [0.3, 0.4) is 0 Å². The van der Waals surface area contributed by atoms with Gasteiger partial charge in [-0.2, -0.15) is 0 Å².